The van der Waals surface area contributed by atoms with E-state index in [2.05, 4.69) is 10.1 Å². The first-order valence-electron chi connectivity index (χ1n) is 8.30. The van der Waals surface area contributed by atoms with Crippen molar-refractivity contribution < 1.29 is 18.6 Å². The van der Waals surface area contributed by atoms with Crippen LogP contribution in [0.5, 0.6) is 5.75 Å². The van der Waals surface area contributed by atoms with Gasteiger partial charge in [0.2, 0.25) is 0 Å². The molecule has 1 aliphatic rings. The van der Waals surface area contributed by atoms with Gasteiger partial charge in [0.15, 0.2) is 0 Å². The summed E-state index contributed by atoms with van der Waals surface area (Å²) < 4.78 is 35.1. The maximum absolute atomic E-state index is 14.3. The number of para-hydroxylation sites is 1. The lowest BCUT2D eigenvalue weighted by Gasteiger charge is -2.32. The third-order valence-electron chi connectivity index (χ3n) is 4.65. The lowest BCUT2D eigenvalue weighted by atomic mass is 9.95. The molecule has 26 heavy (non-hydrogen) atoms. The smallest absolute Gasteiger partial charge is 0.137 e. The highest BCUT2D eigenvalue weighted by Crippen LogP contribution is 2.53. The lowest BCUT2D eigenvalue weighted by Crippen LogP contribution is -2.37. The van der Waals surface area contributed by atoms with E-state index in [1.165, 1.54) is 23.4 Å². The molecule has 2 aromatic carbocycles. The van der Waals surface area contributed by atoms with Crippen LogP contribution >= 0.6 is 0 Å². The van der Waals surface area contributed by atoms with Crippen molar-refractivity contribution in [2.45, 2.75) is 30.6 Å². The topological polar surface area (TPSA) is 60.2 Å². The van der Waals surface area contributed by atoms with Crippen LogP contribution in [0, 0.1) is 11.6 Å². The highest BCUT2D eigenvalue weighted by molar-refractivity contribution is 5.27. The van der Waals surface area contributed by atoms with Gasteiger partial charge in [-0.05, 0) is 31.0 Å². The Kier molecular flexibility index (Phi) is 4.16. The number of hydrogen-bond acceptors (Lipinski definition) is 4. The van der Waals surface area contributed by atoms with Gasteiger partial charge >= 0.3 is 0 Å². The van der Waals surface area contributed by atoms with Gasteiger partial charge in [-0.1, -0.05) is 24.3 Å². The number of aliphatic hydroxyl groups excluding tert-OH is 1. The largest absolute Gasteiger partial charge is 0.485 e. The molecule has 1 heterocycles. The molecule has 0 spiro atoms. The minimum absolute atomic E-state index is 0.00478. The Morgan fingerprint density at radius 3 is 2.50 bits per heavy atom. The Morgan fingerprint density at radius 1 is 1.12 bits per heavy atom. The van der Waals surface area contributed by atoms with Crippen molar-refractivity contribution in [3.05, 3.63) is 78.4 Å². The third kappa shape index (κ3) is 3.06. The normalized spacial score (nSPS) is 17.5. The van der Waals surface area contributed by atoms with Crippen molar-refractivity contribution >= 4 is 0 Å². The monoisotopic (exact) mass is 357 g/mol. The molecule has 0 saturated heterocycles. The summed E-state index contributed by atoms with van der Waals surface area (Å²) in [6.45, 7) is 0. The first-order chi connectivity index (χ1) is 12.6. The molecule has 3 aromatic rings. The summed E-state index contributed by atoms with van der Waals surface area (Å²) in [7, 11) is 0. The fourth-order valence-corrected chi connectivity index (χ4v) is 3.25. The lowest BCUT2D eigenvalue weighted by molar-refractivity contribution is 0.00881. The van der Waals surface area contributed by atoms with E-state index in [1.54, 1.807) is 0 Å². The van der Waals surface area contributed by atoms with Gasteiger partial charge in [0, 0.05) is 11.6 Å². The Balaban J connectivity index is 1.71. The molecular formula is C19H17F2N3O2. The van der Waals surface area contributed by atoms with Crippen LogP contribution in [0.1, 0.15) is 30.6 Å². The van der Waals surface area contributed by atoms with E-state index in [1.807, 2.05) is 30.3 Å². The van der Waals surface area contributed by atoms with Crippen molar-refractivity contribution in [2.24, 2.45) is 0 Å². The van der Waals surface area contributed by atoms with Gasteiger partial charge in [-0.2, -0.15) is 5.10 Å². The van der Waals surface area contributed by atoms with Crippen LogP contribution in [0.2, 0.25) is 0 Å². The average molecular weight is 357 g/mol. The quantitative estimate of drug-likeness (QED) is 0.734. The molecule has 5 nitrogen and oxygen atoms in total. The van der Waals surface area contributed by atoms with E-state index in [-0.39, 0.29) is 5.56 Å². The Bertz CT molecular complexity index is 883. The summed E-state index contributed by atoms with van der Waals surface area (Å²) in [6, 6.07) is 11.7. The van der Waals surface area contributed by atoms with Crippen LogP contribution in [-0.4, -0.2) is 25.5 Å². The van der Waals surface area contributed by atoms with Crippen molar-refractivity contribution in [3.63, 3.8) is 0 Å². The number of aromatic nitrogens is 3. The average Bonchev–Trinajstić information content (AvgIpc) is 3.17. The molecule has 2 atom stereocenters. The number of halogens is 2. The van der Waals surface area contributed by atoms with Crippen molar-refractivity contribution in [1.29, 1.82) is 0 Å². The summed E-state index contributed by atoms with van der Waals surface area (Å²) in [5.74, 6) is -0.850. The van der Waals surface area contributed by atoms with Gasteiger partial charge in [0.1, 0.15) is 47.8 Å². The molecule has 0 unspecified atom stereocenters. The van der Waals surface area contributed by atoms with Crippen LogP contribution in [0.4, 0.5) is 8.78 Å². The second-order valence-electron chi connectivity index (χ2n) is 6.41. The number of aliphatic hydroxyl groups is 1. The molecule has 1 aromatic heterocycles. The summed E-state index contributed by atoms with van der Waals surface area (Å²) >= 11 is 0. The number of ether oxygens (including phenoxy) is 1. The molecular weight excluding hydrogens is 340 g/mol. The number of benzene rings is 2. The molecule has 1 N–H and O–H groups in total. The Morgan fingerprint density at radius 2 is 1.88 bits per heavy atom. The minimum atomic E-state index is -1.27. The SMILES string of the molecule is O[C@@H](c1ccc(F)cc1F)[C@H](n1cncn1)C1(Oc2ccccc2)CC1. The van der Waals surface area contributed by atoms with Crippen LogP contribution in [0.3, 0.4) is 0 Å². The Labute approximate surface area is 148 Å². The molecule has 0 bridgehead atoms. The standard InChI is InChI=1S/C19H17F2N3O2/c20-13-6-7-15(16(21)10-13)17(25)18(24-12-22-11-23-24)19(8-9-19)26-14-4-2-1-3-5-14/h1-7,10-12,17-18,25H,8-9H2/t17-,18-/m0/s1. The first kappa shape index (κ1) is 16.7. The maximum Gasteiger partial charge on any atom is 0.137 e. The number of hydrogen-bond donors (Lipinski definition) is 1. The van der Waals surface area contributed by atoms with E-state index < -0.39 is 29.4 Å². The third-order valence-corrected chi connectivity index (χ3v) is 4.65. The predicted octanol–water partition coefficient (Wildman–Crippen LogP) is 3.44. The van der Waals surface area contributed by atoms with Crippen molar-refractivity contribution in [2.75, 3.05) is 0 Å². The molecule has 0 radical (unpaired) electrons. The molecule has 0 amide bonds. The van der Waals surface area contributed by atoms with Gasteiger partial charge in [-0.3, -0.25) is 0 Å². The fourth-order valence-electron chi connectivity index (χ4n) is 3.25. The molecule has 4 rings (SSSR count). The zero-order valence-electron chi connectivity index (χ0n) is 13.8. The van der Waals surface area contributed by atoms with E-state index in [0.29, 0.717) is 18.6 Å². The van der Waals surface area contributed by atoms with Crippen LogP contribution < -0.4 is 4.74 Å². The van der Waals surface area contributed by atoms with E-state index in [4.69, 9.17) is 4.74 Å². The second kappa shape index (κ2) is 6.49. The van der Waals surface area contributed by atoms with E-state index in [0.717, 1.165) is 12.1 Å². The summed E-state index contributed by atoms with van der Waals surface area (Å²) in [5, 5.41) is 15.1. The molecule has 1 fully saturated rings. The van der Waals surface area contributed by atoms with Crippen molar-refractivity contribution in [3.8, 4) is 5.75 Å². The predicted molar refractivity (Wildman–Crippen MR) is 89.4 cm³/mol. The van der Waals surface area contributed by atoms with Gasteiger partial charge in [-0.15, -0.1) is 0 Å². The van der Waals surface area contributed by atoms with Gasteiger partial charge in [0.05, 0.1) is 0 Å². The molecule has 1 aliphatic carbocycles. The molecule has 0 aliphatic heterocycles. The van der Waals surface area contributed by atoms with Gasteiger partial charge in [0.25, 0.3) is 0 Å². The fraction of sp³-hybridized carbons (Fsp3) is 0.263. The second-order valence-corrected chi connectivity index (χ2v) is 6.41. The zero-order valence-corrected chi connectivity index (χ0v) is 13.8. The Hall–Kier alpha value is -2.80. The molecule has 1 saturated carbocycles. The van der Waals surface area contributed by atoms with E-state index in [9.17, 15) is 13.9 Å². The highest BCUT2D eigenvalue weighted by Gasteiger charge is 2.57. The number of rotatable bonds is 6. The summed E-state index contributed by atoms with van der Waals surface area (Å²) in [6.07, 6.45) is 2.88. The first-order valence-corrected chi connectivity index (χ1v) is 8.30. The van der Waals surface area contributed by atoms with E-state index >= 15 is 0 Å². The summed E-state index contributed by atoms with van der Waals surface area (Å²) in [5.41, 5.74) is -0.746. The summed E-state index contributed by atoms with van der Waals surface area (Å²) in [4.78, 5) is 3.94. The van der Waals surface area contributed by atoms with Crippen LogP contribution in [0.15, 0.2) is 61.2 Å². The minimum Gasteiger partial charge on any atom is -0.485 e. The van der Waals surface area contributed by atoms with Crippen LogP contribution in [0.25, 0.3) is 0 Å². The molecule has 134 valence electrons. The van der Waals surface area contributed by atoms with Gasteiger partial charge < -0.3 is 9.84 Å². The highest BCUT2D eigenvalue weighted by atomic mass is 19.1. The van der Waals surface area contributed by atoms with Crippen molar-refractivity contribution in [1.82, 2.24) is 14.8 Å². The zero-order chi connectivity index (χ0) is 18.1. The molecule has 7 heteroatoms. The van der Waals surface area contributed by atoms with Crippen LogP contribution in [-0.2, 0) is 0 Å². The maximum atomic E-state index is 14.3. The number of nitrogens with zero attached hydrogens (tertiary/aromatic N) is 3. The van der Waals surface area contributed by atoms with Gasteiger partial charge in [-0.25, -0.2) is 18.4 Å².